The topological polar surface area (TPSA) is 61.6 Å². The van der Waals surface area contributed by atoms with Crippen LogP contribution in [0.5, 0.6) is 11.5 Å². The summed E-state index contributed by atoms with van der Waals surface area (Å²) in [5, 5.41) is 0. The Morgan fingerprint density at radius 3 is 2.39 bits per heavy atom. The van der Waals surface area contributed by atoms with Crippen LogP contribution in [0, 0.1) is 0 Å². The number of benzene rings is 2. The van der Waals surface area contributed by atoms with E-state index in [1.54, 1.807) is 0 Å². The summed E-state index contributed by atoms with van der Waals surface area (Å²) < 4.78 is 10.5. The van der Waals surface area contributed by atoms with Crippen LogP contribution in [-0.2, 0) is 11.3 Å². The highest BCUT2D eigenvalue weighted by Crippen LogP contribution is 2.25. The molecule has 0 heterocycles. The third-order valence-corrected chi connectivity index (χ3v) is 2.31. The number of rotatable bonds is 4. The normalized spacial score (nSPS) is 9.78. The molecular weight excluding hydrogens is 230 g/mol. The molecule has 0 aliphatic heterocycles. The Bertz CT molecular complexity index is 526. The number of carbonyl (C=O) groups is 1. The number of amides is 1. The summed E-state index contributed by atoms with van der Waals surface area (Å²) in [7, 11) is 0. The highest BCUT2D eigenvalue weighted by Gasteiger charge is 2.05. The summed E-state index contributed by atoms with van der Waals surface area (Å²) in [4.78, 5) is 10.6. The fraction of sp³-hybridized carbons (Fsp3) is 0.0714. The number of hydrogen-bond donors (Lipinski definition) is 1. The SMILES string of the molecule is NC(=O)OCc1ccccc1Oc1ccccc1. The van der Waals surface area contributed by atoms with Gasteiger partial charge in [-0.25, -0.2) is 4.79 Å². The van der Waals surface area contributed by atoms with Crippen molar-refractivity contribution in [2.24, 2.45) is 5.73 Å². The van der Waals surface area contributed by atoms with Crippen LogP contribution in [0.15, 0.2) is 54.6 Å². The monoisotopic (exact) mass is 243 g/mol. The molecule has 0 aliphatic rings. The summed E-state index contributed by atoms with van der Waals surface area (Å²) in [5.41, 5.74) is 5.70. The van der Waals surface area contributed by atoms with E-state index in [0.717, 1.165) is 11.3 Å². The molecule has 4 nitrogen and oxygen atoms in total. The van der Waals surface area contributed by atoms with E-state index in [4.69, 9.17) is 15.2 Å². The van der Waals surface area contributed by atoms with Crippen molar-refractivity contribution in [2.45, 2.75) is 6.61 Å². The van der Waals surface area contributed by atoms with Crippen LogP contribution in [-0.4, -0.2) is 6.09 Å². The van der Waals surface area contributed by atoms with Gasteiger partial charge in [0.05, 0.1) is 0 Å². The van der Waals surface area contributed by atoms with Crippen molar-refractivity contribution in [3.05, 3.63) is 60.2 Å². The molecule has 0 unspecified atom stereocenters. The van der Waals surface area contributed by atoms with Gasteiger partial charge >= 0.3 is 6.09 Å². The van der Waals surface area contributed by atoms with Gasteiger partial charge in [0, 0.05) is 5.56 Å². The van der Waals surface area contributed by atoms with Crippen LogP contribution in [0.1, 0.15) is 5.56 Å². The first-order chi connectivity index (χ1) is 8.75. The first-order valence-corrected chi connectivity index (χ1v) is 5.49. The molecule has 2 aromatic carbocycles. The number of primary amides is 1. The average Bonchev–Trinajstić information content (AvgIpc) is 2.39. The molecule has 0 radical (unpaired) electrons. The first-order valence-electron chi connectivity index (χ1n) is 5.49. The molecule has 2 N–H and O–H groups in total. The maximum Gasteiger partial charge on any atom is 0.404 e. The molecule has 0 bridgehead atoms. The minimum Gasteiger partial charge on any atom is -0.457 e. The van der Waals surface area contributed by atoms with E-state index in [1.807, 2.05) is 54.6 Å². The molecule has 2 aromatic rings. The Kier molecular flexibility index (Phi) is 3.81. The molecule has 0 spiro atoms. The van der Waals surface area contributed by atoms with Crippen LogP contribution in [0.2, 0.25) is 0 Å². The van der Waals surface area contributed by atoms with E-state index in [9.17, 15) is 4.79 Å². The zero-order chi connectivity index (χ0) is 12.8. The lowest BCUT2D eigenvalue weighted by atomic mass is 10.2. The van der Waals surface area contributed by atoms with Crippen LogP contribution in [0.3, 0.4) is 0 Å². The Morgan fingerprint density at radius 1 is 1.00 bits per heavy atom. The zero-order valence-electron chi connectivity index (χ0n) is 9.71. The highest BCUT2D eigenvalue weighted by atomic mass is 16.5. The summed E-state index contributed by atoms with van der Waals surface area (Å²) in [5.74, 6) is 1.37. The second-order valence-corrected chi connectivity index (χ2v) is 3.63. The molecule has 1 amide bonds. The third kappa shape index (κ3) is 3.25. The summed E-state index contributed by atoms with van der Waals surface area (Å²) in [6.45, 7) is 0.0956. The van der Waals surface area contributed by atoms with Gasteiger partial charge in [-0.1, -0.05) is 36.4 Å². The van der Waals surface area contributed by atoms with Crippen LogP contribution in [0.25, 0.3) is 0 Å². The quantitative estimate of drug-likeness (QED) is 0.897. The predicted octanol–water partition coefficient (Wildman–Crippen LogP) is 3.07. The first kappa shape index (κ1) is 12.0. The van der Waals surface area contributed by atoms with Gasteiger partial charge in [0.2, 0.25) is 0 Å². The van der Waals surface area contributed by atoms with Crippen molar-refractivity contribution in [1.29, 1.82) is 0 Å². The lowest BCUT2D eigenvalue weighted by Gasteiger charge is -2.10. The molecular formula is C14H13NO3. The second kappa shape index (κ2) is 5.72. The van der Waals surface area contributed by atoms with Crippen molar-refractivity contribution < 1.29 is 14.3 Å². The number of para-hydroxylation sites is 2. The van der Waals surface area contributed by atoms with Crippen molar-refractivity contribution in [3.8, 4) is 11.5 Å². The highest BCUT2D eigenvalue weighted by molar-refractivity contribution is 5.64. The van der Waals surface area contributed by atoms with E-state index >= 15 is 0 Å². The zero-order valence-corrected chi connectivity index (χ0v) is 9.71. The van der Waals surface area contributed by atoms with Gasteiger partial charge in [-0.2, -0.15) is 0 Å². The molecule has 4 heteroatoms. The molecule has 0 aliphatic carbocycles. The lowest BCUT2D eigenvalue weighted by Crippen LogP contribution is -2.12. The van der Waals surface area contributed by atoms with Gasteiger partial charge in [0.1, 0.15) is 18.1 Å². The van der Waals surface area contributed by atoms with Crippen LogP contribution < -0.4 is 10.5 Å². The third-order valence-electron chi connectivity index (χ3n) is 2.31. The van der Waals surface area contributed by atoms with Gasteiger partial charge in [0.15, 0.2) is 0 Å². The maximum absolute atomic E-state index is 10.6. The Labute approximate surface area is 105 Å². The number of hydrogen-bond acceptors (Lipinski definition) is 3. The number of nitrogens with two attached hydrogens (primary N) is 1. The van der Waals surface area contributed by atoms with E-state index in [0.29, 0.717) is 5.75 Å². The minimum absolute atomic E-state index is 0.0956. The van der Waals surface area contributed by atoms with Crippen molar-refractivity contribution in [2.75, 3.05) is 0 Å². The molecule has 18 heavy (non-hydrogen) atoms. The molecule has 2 rings (SSSR count). The van der Waals surface area contributed by atoms with Crippen molar-refractivity contribution in [3.63, 3.8) is 0 Å². The predicted molar refractivity (Wildman–Crippen MR) is 67.3 cm³/mol. The molecule has 0 fully saturated rings. The lowest BCUT2D eigenvalue weighted by molar-refractivity contribution is 0.149. The summed E-state index contributed by atoms with van der Waals surface area (Å²) in [6.07, 6.45) is -0.801. The van der Waals surface area contributed by atoms with Gasteiger partial charge < -0.3 is 15.2 Å². The van der Waals surface area contributed by atoms with E-state index in [1.165, 1.54) is 0 Å². The molecule has 0 aromatic heterocycles. The molecule has 0 atom stereocenters. The smallest absolute Gasteiger partial charge is 0.404 e. The van der Waals surface area contributed by atoms with Crippen LogP contribution in [0.4, 0.5) is 4.79 Å². The maximum atomic E-state index is 10.6. The molecule has 0 saturated carbocycles. The number of carbonyl (C=O) groups excluding carboxylic acids is 1. The van der Waals surface area contributed by atoms with Gasteiger partial charge in [-0.15, -0.1) is 0 Å². The van der Waals surface area contributed by atoms with Crippen LogP contribution >= 0.6 is 0 Å². The summed E-state index contributed by atoms with van der Waals surface area (Å²) in [6, 6.07) is 16.7. The van der Waals surface area contributed by atoms with Gasteiger partial charge in [0.25, 0.3) is 0 Å². The van der Waals surface area contributed by atoms with Gasteiger partial charge in [-0.05, 0) is 18.2 Å². The second-order valence-electron chi connectivity index (χ2n) is 3.63. The molecule has 0 saturated heterocycles. The summed E-state index contributed by atoms with van der Waals surface area (Å²) >= 11 is 0. The Hall–Kier alpha value is -2.49. The fourth-order valence-corrected chi connectivity index (χ4v) is 1.49. The average molecular weight is 243 g/mol. The minimum atomic E-state index is -0.801. The number of ether oxygens (including phenoxy) is 2. The largest absolute Gasteiger partial charge is 0.457 e. The van der Waals surface area contributed by atoms with Crippen molar-refractivity contribution in [1.82, 2.24) is 0 Å². The van der Waals surface area contributed by atoms with E-state index in [-0.39, 0.29) is 6.61 Å². The van der Waals surface area contributed by atoms with E-state index in [2.05, 4.69) is 0 Å². The van der Waals surface area contributed by atoms with Gasteiger partial charge in [-0.3, -0.25) is 0 Å². The molecule has 92 valence electrons. The standard InChI is InChI=1S/C14H13NO3/c15-14(16)17-10-11-6-4-5-9-13(11)18-12-7-2-1-3-8-12/h1-9H,10H2,(H2,15,16). The Morgan fingerprint density at radius 2 is 1.67 bits per heavy atom. The Balaban J connectivity index is 2.14. The fourth-order valence-electron chi connectivity index (χ4n) is 1.49. The van der Waals surface area contributed by atoms with E-state index < -0.39 is 6.09 Å². The van der Waals surface area contributed by atoms with Crippen molar-refractivity contribution >= 4 is 6.09 Å².